The summed E-state index contributed by atoms with van der Waals surface area (Å²) in [6.07, 6.45) is 5.60. The maximum atomic E-state index is 12.4. The zero-order valence-corrected chi connectivity index (χ0v) is 15.5. The van der Waals surface area contributed by atoms with E-state index >= 15 is 0 Å². The fourth-order valence-corrected chi connectivity index (χ4v) is 3.07. The number of anilines is 1. The Morgan fingerprint density at radius 3 is 2.26 bits per heavy atom. The Kier molecular flexibility index (Phi) is 6.03. The number of hydrogen-bond acceptors (Lipinski definition) is 8. The lowest BCUT2D eigenvalue weighted by atomic mass is 10.1. The number of nitrogens with zero attached hydrogens (tertiary/aromatic N) is 1. The first-order valence-corrected chi connectivity index (χ1v) is 8.89. The summed E-state index contributed by atoms with van der Waals surface area (Å²) in [7, 11) is -1.12. The van der Waals surface area contributed by atoms with Crippen molar-refractivity contribution in [2.24, 2.45) is 0 Å². The Morgan fingerprint density at radius 1 is 1.04 bits per heavy atom. The standard InChI is InChI=1S/C17H17NO8S/c1-24-11-7-8-13(14(10-11)27(21,22)23)18-9-5-4-6-12(16(19)25-2)15(18)17(20)26-3/h4-10H,1-3H3,(H,21,22,23). The third kappa shape index (κ3) is 4.18. The summed E-state index contributed by atoms with van der Waals surface area (Å²) in [5.74, 6) is -1.58. The molecular weight excluding hydrogens is 378 g/mol. The van der Waals surface area contributed by atoms with Gasteiger partial charge in [-0.1, -0.05) is 6.08 Å². The number of carbonyl (C=O) groups excluding carboxylic acids is 2. The van der Waals surface area contributed by atoms with Crippen LogP contribution < -0.4 is 9.64 Å². The van der Waals surface area contributed by atoms with Crippen molar-refractivity contribution in [1.29, 1.82) is 0 Å². The number of hydrogen-bond donors (Lipinski definition) is 1. The van der Waals surface area contributed by atoms with Crippen LogP contribution in [0.2, 0.25) is 0 Å². The van der Waals surface area contributed by atoms with Crippen molar-refractivity contribution >= 4 is 27.7 Å². The molecule has 9 nitrogen and oxygen atoms in total. The minimum absolute atomic E-state index is 0.0972. The van der Waals surface area contributed by atoms with Crippen LogP contribution in [0.3, 0.4) is 0 Å². The van der Waals surface area contributed by atoms with Gasteiger partial charge in [0, 0.05) is 12.3 Å². The molecule has 0 spiro atoms. The molecule has 2 rings (SSSR count). The van der Waals surface area contributed by atoms with Gasteiger partial charge in [-0.25, -0.2) is 9.59 Å². The predicted molar refractivity (Wildman–Crippen MR) is 94.6 cm³/mol. The second-order valence-corrected chi connectivity index (χ2v) is 6.51. The van der Waals surface area contributed by atoms with Gasteiger partial charge >= 0.3 is 11.9 Å². The van der Waals surface area contributed by atoms with Gasteiger partial charge in [-0.3, -0.25) is 4.55 Å². The summed E-state index contributed by atoms with van der Waals surface area (Å²) in [6.45, 7) is 0. The highest BCUT2D eigenvalue weighted by Gasteiger charge is 2.30. The van der Waals surface area contributed by atoms with Crippen LogP contribution in [-0.2, 0) is 29.2 Å². The number of allylic oxidation sites excluding steroid dienone is 2. The first-order chi connectivity index (χ1) is 12.7. The molecule has 0 bridgehead atoms. The Labute approximate surface area is 155 Å². The molecule has 0 saturated heterocycles. The second kappa shape index (κ2) is 8.06. The smallest absolute Gasteiger partial charge is 0.355 e. The molecule has 1 heterocycles. The average molecular weight is 395 g/mol. The number of benzene rings is 1. The summed E-state index contributed by atoms with van der Waals surface area (Å²) in [6, 6.07) is 3.84. The Balaban J connectivity index is 2.82. The third-order valence-corrected chi connectivity index (χ3v) is 4.48. The molecule has 27 heavy (non-hydrogen) atoms. The minimum Gasteiger partial charge on any atom is -0.497 e. The van der Waals surface area contributed by atoms with Gasteiger partial charge in [0.15, 0.2) is 0 Å². The van der Waals surface area contributed by atoms with E-state index in [1.807, 2.05) is 0 Å². The lowest BCUT2D eigenvalue weighted by molar-refractivity contribution is -0.139. The van der Waals surface area contributed by atoms with Gasteiger partial charge in [-0.05, 0) is 24.3 Å². The summed E-state index contributed by atoms with van der Waals surface area (Å²) in [5.41, 5.74) is -0.545. The van der Waals surface area contributed by atoms with Crippen molar-refractivity contribution in [1.82, 2.24) is 0 Å². The van der Waals surface area contributed by atoms with E-state index in [1.54, 1.807) is 0 Å². The molecule has 0 fully saturated rings. The van der Waals surface area contributed by atoms with Crippen LogP contribution in [-0.4, -0.2) is 46.2 Å². The number of esters is 2. The SMILES string of the molecule is COC(=O)C1=C(C(=O)OC)N(c2ccc(OC)cc2S(=O)(=O)O)C=CC=C1. The molecule has 1 aromatic rings. The van der Waals surface area contributed by atoms with E-state index in [0.29, 0.717) is 0 Å². The van der Waals surface area contributed by atoms with Gasteiger partial charge < -0.3 is 19.1 Å². The first kappa shape index (κ1) is 20.2. The maximum Gasteiger partial charge on any atom is 0.355 e. The van der Waals surface area contributed by atoms with Gasteiger partial charge in [0.1, 0.15) is 16.3 Å². The largest absolute Gasteiger partial charge is 0.497 e. The van der Waals surface area contributed by atoms with Crippen LogP contribution in [0.5, 0.6) is 5.75 Å². The van der Waals surface area contributed by atoms with E-state index in [0.717, 1.165) is 25.2 Å². The van der Waals surface area contributed by atoms with Crippen molar-refractivity contribution in [3.63, 3.8) is 0 Å². The fraction of sp³-hybridized carbons (Fsp3) is 0.176. The van der Waals surface area contributed by atoms with E-state index in [1.165, 1.54) is 43.7 Å². The molecule has 1 aliphatic rings. The molecule has 0 saturated carbocycles. The fourth-order valence-electron chi connectivity index (χ4n) is 2.38. The normalized spacial score (nSPS) is 14.0. The Morgan fingerprint density at radius 2 is 1.70 bits per heavy atom. The highest BCUT2D eigenvalue weighted by molar-refractivity contribution is 7.86. The van der Waals surface area contributed by atoms with Crippen LogP contribution in [0.15, 0.2) is 58.8 Å². The Bertz CT molecular complexity index is 959. The van der Waals surface area contributed by atoms with Crippen LogP contribution in [0.1, 0.15) is 0 Å². The molecule has 1 aromatic carbocycles. The van der Waals surface area contributed by atoms with Gasteiger partial charge in [0.25, 0.3) is 10.1 Å². The number of carbonyl (C=O) groups is 2. The van der Waals surface area contributed by atoms with Crippen molar-refractivity contribution in [3.8, 4) is 5.75 Å². The van der Waals surface area contributed by atoms with E-state index in [4.69, 9.17) is 14.2 Å². The third-order valence-electron chi connectivity index (χ3n) is 3.59. The summed E-state index contributed by atoms with van der Waals surface area (Å²) < 4.78 is 47.8. The van der Waals surface area contributed by atoms with E-state index in [2.05, 4.69) is 0 Å². The van der Waals surface area contributed by atoms with Crippen LogP contribution >= 0.6 is 0 Å². The number of ether oxygens (including phenoxy) is 3. The minimum atomic E-state index is -4.69. The van der Waals surface area contributed by atoms with Gasteiger partial charge in [0.05, 0.1) is 32.6 Å². The van der Waals surface area contributed by atoms with Crippen LogP contribution in [0.4, 0.5) is 5.69 Å². The van der Waals surface area contributed by atoms with Crippen molar-refractivity contribution in [2.75, 3.05) is 26.2 Å². The molecular formula is C17H17NO8S. The molecule has 0 amide bonds. The molecule has 0 aliphatic carbocycles. The summed E-state index contributed by atoms with van der Waals surface area (Å²) in [4.78, 5) is 25.1. The summed E-state index contributed by atoms with van der Waals surface area (Å²) >= 11 is 0. The van der Waals surface area contributed by atoms with Crippen molar-refractivity contribution < 1.29 is 36.8 Å². The van der Waals surface area contributed by atoms with Gasteiger partial charge in [-0.15, -0.1) is 0 Å². The zero-order valence-electron chi connectivity index (χ0n) is 14.7. The lowest BCUT2D eigenvalue weighted by Crippen LogP contribution is -2.28. The molecule has 0 radical (unpaired) electrons. The molecule has 144 valence electrons. The van der Waals surface area contributed by atoms with Crippen molar-refractivity contribution in [2.45, 2.75) is 4.90 Å². The second-order valence-electron chi connectivity index (χ2n) is 5.12. The molecule has 0 aromatic heterocycles. The first-order valence-electron chi connectivity index (χ1n) is 7.45. The highest BCUT2D eigenvalue weighted by atomic mass is 32.2. The van der Waals surface area contributed by atoms with Gasteiger partial charge in [0.2, 0.25) is 0 Å². The zero-order chi connectivity index (χ0) is 20.2. The van der Waals surface area contributed by atoms with Crippen molar-refractivity contribution in [3.05, 3.63) is 53.9 Å². The maximum absolute atomic E-state index is 12.4. The molecule has 0 unspecified atom stereocenters. The molecule has 1 N–H and O–H groups in total. The number of methoxy groups -OCH3 is 3. The quantitative estimate of drug-likeness (QED) is 0.583. The highest BCUT2D eigenvalue weighted by Crippen LogP contribution is 2.34. The van der Waals surface area contributed by atoms with E-state index < -0.39 is 27.0 Å². The predicted octanol–water partition coefficient (Wildman–Crippen LogP) is 1.43. The molecule has 1 aliphatic heterocycles. The van der Waals surface area contributed by atoms with Gasteiger partial charge in [-0.2, -0.15) is 8.42 Å². The van der Waals surface area contributed by atoms with Crippen LogP contribution in [0.25, 0.3) is 0 Å². The number of rotatable bonds is 5. The molecule has 0 atom stereocenters. The lowest BCUT2D eigenvalue weighted by Gasteiger charge is -2.24. The van der Waals surface area contributed by atoms with E-state index in [-0.39, 0.29) is 22.7 Å². The Hall–Kier alpha value is -3.11. The monoisotopic (exact) mass is 395 g/mol. The van der Waals surface area contributed by atoms with Crippen LogP contribution in [0, 0.1) is 0 Å². The molecule has 10 heteroatoms. The summed E-state index contributed by atoms with van der Waals surface area (Å²) in [5, 5.41) is 0. The average Bonchev–Trinajstić information content (AvgIpc) is 2.88. The topological polar surface area (TPSA) is 119 Å². The van der Waals surface area contributed by atoms with E-state index in [9.17, 15) is 22.6 Å².